The molecule has 0 aromatic heterocycles. The first-order chi connectivity index (χ1) is 9.76. The molecule has 2 rings (SSSR count). The second-order valence-electron chi connectivity index (χ2n) is 5.90. The van der Waals surface area contributed by atoms with E-state index in [-0.39, 0.29) is 17.9 Å². The van der Waals surface area contributed by atoms with E-state index in [1.165, 1.54) is 17.5 Å². The predicted octanol–water partition coefficient (Wildman–Crippen LogP) is 4.40. The molecule has 0 radical (unpaired) electrons. The van der Waals surface area contributed by atoms with Gasteiger partial charge in [0.1, 0.15) is 0 Å². The van der Waals surface area contributed by atoms with Gasteiger partial charge in [-0.2, -0.15) is 0 Å². The van der Waals surface area contributed by atoms with Crippen molar-refractivity contribution in [3.8, 4) is 0 Å². The van der Waals surface area contributed by atoms with Gasteiger partial charge < -0.3 is 5.32 Å². The van der Waals surface area contributed by atoms with E-state index in [0.29, 0.717) is 0 Å². The molecule has 2 heteroatoms. The quantitative estimate of drug-likeness (QED) is 0.818. The summed E-state index contributed by atoms with van der Waals surface area (Å²) in [7, 11) is 0. The third kappa shape index (κ3) is 3.62. The molecule has 0 bridgehead atoms. The van der Waals surface area contributed by atoms with Crippen LogP contribution in [-0.4, -0.2) is 5.91 Å². The van der Waals surface area contributed by atoms with Crippen LogP contribution in [0.15, 0.2) is 24.3 Å². The fraction of sp³-hybridized carbons (Fsp3) is 0.611. The number of carbonyl (C=O) groups excluding carboxylic acids is 1. The molecule has 1 aromatic rings. The number of hydrogen-bond acceptors (Lipinski definition) is 1. The van der Waals surface area contributed by atoms with Crippen LogP contribution in [0, 0.1) is 5.92 Å². The van der Waals surface area contributed by atoms with Crippen LogP contribution < -0.4 is 5.32 Å². The van der Waals surface area contributed by atoms with E-state index in [2.05, 4.69) is 43.4 Å². The standard InChI is InChI=1S/C18H27NO/c1-3-5-9-14(4-2)18(20)19-17-13-8-11-15-10-6-7-12-16(15)17/h6-7,10,12,14,17H,3-5,8-9,11,13H2,1-2H3,(H,19,20). The molecule has 0 fully saturated rings. The van der Waals surface area contributed by atoms with Gasteiger partial charge >= 0.3 is 0 Å². The molecule has 2 nitrogen and oxygen atoms in total. The highest BCUT2D eigenvalue weighted by molar-refractivity contribution is 5.79. The zero-order valence-corrected chi connectivity index (χ0v) is 12.8. The minimum Gasteiger partial charge on any atom is -0.349 e. The van der Waals surface area contributed by atoms with Gasteiger partial charge in [-0.05, 0) is 43.2 Å². The fourth-order valence-electron chi connectivity index (χ4n) is 3.16. The zero-order valence-electron chi connectivity index (χ0n) is 12.8. The van der Waals surface area contributed by atoms with E-state index in [0.717, 1.165) is 38.5 Å². The van der Waals surface area contributed by atoms with Gasteiger partial charge in [-0.15, -0.1) is 0 Å². The van der Waals surface area contributed by atoms with E-state index in [1.807, 2.05) is 0 Å². The van der Waals surface area contributed by atoms with Gasteiger partial charge in [0, 0.05) is 5.92 Å². The van der Waals surface area contributed by atoms with Crippen LogP contribution in [0.5, 0.6) is 0 Å². The van der Waals surface area contributed by atoms with Crippen LogP contribution in [-0.2, 0) is 11.2 Å². The second-order valence-corrected chi connectivity index (χ2v) is 5.90. The Balaban J connectivity index is 2.01. The number of hydrogen-bond donors (Lipinski definition) is 1. The minimum atomic E-state index is 0.184. The Bertz CT molecular complexity index is 441. The number of amides is 1. The summed E-state index contributed by atoms with van der Waals surface area (Å²) < 4.78 is 0. The number of aryl methyl sites for hydroxylation is 1. The van der Waals surface area contributed by atoms with Gasteiger partial charge in [0.05, 0.1) is 6.04 Å². The Morgan fingerprint density at radius 3 is 2.90 bits per heavy atom. The first kappa shape index (κ1) is 15.1. The number of nitrogens with one attached hydrogen (secondary N) is 1. The van der Waals surface area contributed by atoms with Crippen LogP contribution in [0.4, 0.5) is 0 Å². The van der Waals surface area contributed by atoms with Crippen LogP contribution >= 0.6 is 0 Å². The molecule has 1 N–H and O–H groups in total. The average Bonchev–Trinajstić information content (AvgIpc) is 2.48. The van der Waals surface area contributed by atoms with Crippen molar-refractivity contribution in [1.29, 1.82) is 0 Å². The van der Waals surface area contributed by atoms with E-state index in [1.54, 1.807) is 0 Å². The van der Waals surface area contributed by atoms with Crippen molar-refractivity contribution in [2.45, 2.75) is 64.8 Å². The molecule has 0 aliphatic heterocycles. The van der Waals surface area contributed by atoms with Crippen molar-refractivity contribution in [3.05, 3.63) is 35.4 Å². The van der Waals surface area contributed by atoms with Crippen LogP contribution in [0.2, 0.25) is 0 Å². The maximum Gasteiger partial charge on any atom is 0.223 e. The summed E-state index contributed by atoms with van der Waals surface area (Å²) in [5, 5.41) is 3.30. The normalized spacial score (nSPS) is 19.2. The fourth-order valence-corrected chi connectivity index (χ4v) is 3.16. The number of carbonyl (C=O) groups is 1. The van der Waals surface area contributed by atoms with E-state index >= 15 is 0 Å². The Morgan fingerprint density at radius 2 is 2.15 bits per heavy atom. The van der Waals surface area contributed by atoms with Crippen molar-refractivity contribution in [2.24, 2.45) is 5.92 Å². The first-order valence-corrected chi connectivity index (χ1v) is 8.14. The Morgan fingerprint density at radius 1 is 1.35 bits per heavy atom. The smallest absolute Gasteiger partial charge is 0.223 e. The van der Waals surface area contributed by atoms with Gasteiger partial charge in [0.2, 0.25) is 5.91 Å². The Labute approximate surface area is 123 Å². The predicted molar refractivity (Wildman–Crippen MR) is 83.6 cm³/mol. The van der Waals surface area contributed by atoms with Gasteiger partial charge in [0.15, 0.2) is 0 Å². The number of rotatable bonds is 6. The molecule has 2 unspecified atom stereocenters. The maximum atomic E-state index is 12.4. The van der Waals surface area contributed by atoms with E-state index in [4.69, 9.17) is 0 Å². The number of fused-ring (bicyclic) bond motifs is 1. The minimum absolute atomic E-state index is 0.184. The van der Waals surface area contributed by atoms with Crippen LogP contribution in [0.3, 0.4) is 0 Å². The third-order valence-corrected chi connectivity index (χ3v) is 4.46. The highest BCUT2D eigenvalue weighted by Gasteiger charge is 2.24. The summed E-state index contributed by atoms with van der Waals surface area (Å²) in [5.74, 6) is 0.437. The maximum absolute atomic E-state index is 12.4. The van der Waals surface area contributed by atoms with Gasteiger partial charge in [-0.1, -0.05) is 51.0 Å². The SMILES string of the molecule is CCCCC(CC)C(=O)NC1CCCc2ccccc21. The monoisotopic (exact) mass is 273 g/mol. The van der Waals surface area contributed by atoms with Crippen molar-refractivity contribution in [2.75, 3.05) is 0 Å². The highest BCUT2D eigenvalue weighted by atomic mass is 16.1. The largest absolute Gasteiger partial charge is 0.349 e. The Kier molecular flexibility index (Phi) is 5.63. The molecule has 1 aliphatic carbocycles. The summed E-state index contributed by atoms with van der Waals surface area (Å²) in [6, 6.07) is 8.77. The summed E-state index contributed by atoms with van der Waals surface area (Å²) >= 11 is 0. The number of benzene rings is 1. The Hall–Kier alpha value is -1.31. The van der Waals surface area contributed by atoms with E-state index in [9.17, 15) is 4.79 Å². The molecule has 0 spiro atoms. The molecule has 1 amide bonds. The molecule has 20 heavy (non-hydrogen) atoms. The molecule has 110 valence electrons. The van der Waals surface area contributed by atoms with Gasteiger partial charge in [-0.25, -0.2) is 0 Å². The number of unbranched alkanes of at least 4 members (excludes halogenated alkanes) is 1. The summed E-state index contributed by atoms with van der Waals surface area (Å²) in [6.07, 6.45) is 7.67. The molecule has 2 atom stereocenters. The molecular formula is C18H27NO. The molecule has 0 heterocycles. The second kappa shape index (κ2) is 7.47. The highest BCUT2D eigenvalue weighted by Crippen LogP contribution is 2.30. The molecule has 1 aliphatic rings. The molecule has 0 saturated carbocycles. The summed E-state index contributed by atoms with van der Waals surface area (Å²) in [5.41, 5.74) is 2.74. The average molecular weight is 273 g/mol. The van der Waals surface area contributed by atoms with Gasteiger partial charge in [0.25, 0.3) is 0 Å². The van der Waals surface area contributed by atoms with Crippen molar-refractivity contribution in [1.82, 2.24) is 5.32 Å². The molecule has 1 aromatic carbocycles. The first-order valence-electron chi connectivity index (χ1n) is 8.14. The van der Waals surface area contributed by atoms with Crippen molar-refractivity contribution >= 4 is 5.91 Å². The third-order valence-electron chi connectivity index (χ3n) is 4.46. The lowest BCUT2D eigenvalue weighted by atomic mass is 9.87. The van der Waals surface area contributed by atoms with Crippen molar-refractivity contribution in [3.63, 3.8) is 0 Å². The summed E-state index contributed by atoms with van der Waals surface area (Å²) in [4.78, 5) is 12.4. The van der Waals surface area contributed by atoms with Crippen molar-refractivity contribution < 1.29 is 4.79 Å². The lowest BCUT2D eigenvalue weighted by molar-refractivity contribution is -0.126. The zero-order chi connectivity index (χ0) is 14.4. The van der Waals surface area contributed by atoms with Gasteiger partial charge in [-0.3, -0.25) is 4.79 Å². The van der Waals surface area contributed by atoms with Crippen LogP contribution in [0.25, 0.3) is 0 Å². The lowest BCUT2D eigenvalue weighted by Crippen LogP contribution is -2.35. The van der Waals surface area contributed by atoms with E-state index < -0.39 is 0 Å². The molecule has 0 saturated heterocycles. The molecular weight excluding hydrogens is 246 g/mol. The lowest BCUT2D eigenvalue weighted by Gasteiger charge is -2.28. The topological polar surface area (TPSA) is 29.1 Å². The van der Waals surface area contributed by atoms with Crippen LogP contribution in [0.1, 0.15) is 69.5 Å². The summed E-state index contributed by atoms with van der Waals surface area (Å²) in [6.45, 7) is 4.30.